The second kappa shape index (κ2) is 8.71. The van der Waals surface area contributed by atoms with Crippen LogP contribution in [0, 0.1) is 0 Å². The molecule has 2 atom stereocenters. The Balaban J connectivity index is 1.57. The Morgan fingerprint density at radius 3 is 2.83 bits per heavy atom. The molecule has 3 aromatic heterocycles. The first-order valence-electron chi connectivity index (χ1n) is 9.99. The molecule has 0 amide bonds. The van der Waals surface area contributed by atoms with Crippen molar-refractivity contribution in [3.8, 4) is 0 Å². The van der Waals surface area contributed by atoms with Crippen LogP contribution in [0.25, 0.3) is 11.0 Å². The Morgan fingerprint density at radius 2 is 2.13 bits per heavy atom. The second-order valence-electron chi connectivity index (χ2n) is 7.60. The standard InChI is InChI=1S/C20H26ClN7O2/c1-12(2)28-15-8-18(23-9-14(15)24-19(28)11-29)25-17-4-6-22-20(26-17)27-7-5-16(30-3)13(21)10-27/h4,6,8-9,12-13,16,29H,5,7,10-11H2,1-3H3,(H,22,23,25,26)/t13-,16+/m1/s1. The zero-order valence-electron chi connectivity index (χ0n) is 17.3. The molecule has 4 rings (SSSR count). The largest absolute Gasteiger partial charge is 0.388 e. The molecule has 0 bridgehead atoms. The quantitative estimate of drug-likeness (QED) is 0.574. The van der Waals surface area contributed by atoms with E-state index in [1.807, 2.05) is 10.6 Å². The number of piperidine rings is 1. The van der Waals surface area contributed by atoms with Crippen molar-refractivity contribution in [1.29, 1.82) is 0 Å². The first-order valence-corrected chi connectivity index (χ1v) is 10.4. The highest BCUT2D eigenvalue weighted by molar-refractivity contribution is 6.21. The molecule has 4 heterocycles. The highest BCUT2D eigenvalue weighted by Crippen LogP contribution is 2.26. The molecular formula is C20H26ClN7O2. The van der Waals surface area contributed by atoms with Crippen molar-refractivity contribution in [3.63, 3.8) is 0 Å². The summed E-state index contributed by atoms with van der Waals surface area (Å²) in [4.78, 5) is 20.0. The molecule has 1 fully saturated rings. The summed E-state index contributed by atoms with van der Waals surface area (Å²) in [5, 5.41) is 12.8. The van der Waals surface area contributed by atoms with Crippen molar-refractivity contribution < 1.29 is 9.84 Å². The number of pyridine rings is 1. The minimum Gasteiger partial charge on any atom is -0.388 e. The Morgan fingerprint density at radius 1 is 1.30 bits per heavy atom. The van der Waals surface area contributed by atoms with Crippen LogP contribution < -0.4 is 10.2 Å². The monoisotopic (exact) mass is 431 g/mol. The number of hydrogen-bond donors (Lipinski definition) is 2. The number of aliphatic hydroxyl groups excluding tert-OH is 1. The summed E-state index contributed by atoms with van der Waals surface area (Å²) in [6, 6.07) is 3.88. The van der Waals surface area contributed by atoms with Gasteiger partial charge in [-0.25, -0.2) is 15.0 Å². The van der Waals surface area contributed by atoms with Crippen molar-refractivity contribution in [1.82, 2.24) is 24.5 Å². The SMILES string of the molecule is CO[C@H]1CCN(c2nccc(Nc3cc4c(cn3)nc(CO)n4C(C)C)n2)C[C@H]1Cl. The number of rotatable bonds is 6. The summed E-state index contributed by atoms with van der Waals surface area (Å²) in [6.45, 7) is 5.41. The normalized spacial score (nSPS) is 19.6. The predicted molar refractivity (Wildman–Crippen MR) is 116 cm³/mol. The smallest absolute Gasteiger partial charge is 0.227 e. The first kappa shape index (κ1) is 20.8. The van der Waals surface area contributed by atoms with E-state index >= 15 is 0 Å². The lowest BCUT2D eigenvalue weighted by Gasteiger charge is -2.34. The predicted octanol–water partition coefficient (Wildman–Crippen LogP) is 2.87. The third kappa shape index (κ3) is 4.05. The molecule has 10 heteroatoms. The average Bonchev–Trinajstić information content (AvgIpc) is 3.12. The molecule has 0 spiro atoms. The molecule has 0 unspecified atom stereocenters. The van der Waals surface area contributed by atoms with Gasteiger partial charge in [0.25, 0.3) is 0 Å². The van der Waals surface area contributed by atoms with Gasteiger partial charge in [-0.1, -0.05) is 0 Å². The van der Waals surface area contributed by atoms with Crippen molar-refractivity contribution in [3.05, 3.63) is 30.4 Å². The summed E-state index contributed by atoms with van der Waals surface area (Å²) in [6.07, 6.45) is 4.30. The van der Waals surface area contributed by atoms with Crippen LogP contribution >= 0.6 is 11.6 Å². The summed E-state index contributed by atoms with van der Waals surface area (Å²) >= 11 is 6.43. The molecule has 0 saturated carbocycles. The average molecular weight is 432 g/mol. The molecule has 0 radical (unpaired) electrons. The van der Waals surface area contributed by atoms with Crippen LogP contribution in [-0.2, 0) is 11.3 Å². The molecule has 1 saturated heterocycles. The second-order valence-corrected chi connectivity index (χ2v) is 8.16. The minimum absolute atomic E-state index is 0.0507. The van der Waals surface area contributed by atoms with E-state index in [-0.39, 0.29) is 24.1 Å². The Kier molecular flexibility index (Phi) is 6.03. The maximum atomic E-state index is 9.62. The molecular weight excluding hydrogens is 406 g/mol. The summed E-state index contributed by atoms with van der Waals surface area (Å²) < 4.78 is 7.43. The molecule has 1 aliphatic heterocycles. The number of halogens is 1. The van der Waals surface area contributed by atoms with Crippen LogP contribution in [0.2, 0.25) is 0 Å². The van der Waals surface area contributed by atoms with Crippen LogP contribution in [0.15, 0.2) is 24.5 Å². The van der Waals surface area contributed by atoms with Crippen molar-refractivity contribution in [2.24, 2.45) is 0 Å². The number of fused-ring (bicyclic) bond motifs is 1. The lowest BCUT2D eigenvalue weighted by atomic mass is 10.1. The van der Waals surface area contributed by atoms with Gasteiger partial charge in [0.05, 0.1) is 23.2 Å². The number of methoxy groups -OCH3 is 1. The molecule has 0 aliphatic carbocycles. The van der Waals surface area contributed by atoms with Gasteiger partial charge >= 0.3 is 0 Å². The number of ether oxygens (including phenoxy) is 1. The zero-order chi connectivity index (χ0) is 21.3. The minimum atomic E-state index is -0.119. The fourth-order valence-electron chi connectivity index (χ4n) is 3.84. The summed E-state index contributed by atoms with van der Waals surface area (Å²) in [5.41, 5.74) is 1.66. The Hall–Kier alpha value is -2.49. The summed E-state index contributed by atoms with van der Waals surface area (Å²) in [7, 11) is 1.69. The van der Waals surface area contributed by atoms with Gasteiger partial charge in [-0.15, -0.1) is 11.6 Å². The number of hydrogen-bond acceptors (Lipinski definition) is 8. The van der Waals surface area contributed by atoms with E-state index in [4.69, 9.17) is 16.3 Å². The number of nitrogens with zero attached hydrogens (tertiary/aromatic N) is 6. The van der Waals surface area contributed by atoms with Crippen molar-refractivity contribution >= 4 is 40.2 Å². The van der Waals surface area contributed by atoms with E-state index in [9.17, 15) is 5.11 Å². The van der Waals surface area contributed by atoms with Crippen LogP contribution in [-0.4, -0.2) is 61.3 Å². The van der Waals surface area contributed by atoms with Gasteiger partial charge in [0, 0.05) is 38.5 Å². The number of nitrogens with one attached hydrogen (secondary N) is 1. The topological polar surface area (TPSA) is 101 Å². The lowest BCUT2D eigenvalue weighted by Crippen LogP contribution is -2.45. The van der Waals surface area contributed by atoms with Crippen molar-refractivity contribution in [2.45, 2.75) is 44.4 Å². The molecule has 2 N–H and O–H groups in total. The van der Waals surface area contributed by atoms with Gasteiger partial charge in [-0.05, 0) is 26.3 Å². The van der Waals surface area contributed by atoms with E-state index in [1.54, 1.807) is 25.6 Å². The maximum absolute atomic E-state index is 9.62. The van der Waals surface area contributed by atoms with E-state index in [2.05, 4.69) is 44.0 Å². The number of aliphatic hydroxyl groups is 1. The third-order valence-corrected chi connectivity index (χ3v) is 5.69. The highest BCUT2D eigenvalue weighted by Gasteiger charge is 2.29. The van der Waals surface area contributed by atoms with Gasteiger partial charge in [-0.3, -0.25) is 0 Å². The van der Waals surface area contributed by atoms with Crippen LogP contribution in [0.5, 0.6) is 0 Å². The maximum Gasteiger partial charge on any atom is 0.227 e. The molecule has 160 valence electrons. The van der Waals surface area contributed by atoms with Gasteiger partial charge in [0.15, 0.2) is 0 Å². The van der Waals surface area contributed by atoms with Gasteiger partial charge in [0.1, 0.15) is 29.6 Å². The highest BCUT2D eigenvalue weighted by atomic mass is 35.5. The third-order valence-electron chi connectivity index (χ3n) is 5.27. The zero-order valence-corrected chi connectivity index (χ0v) is 18.0. The van der Waals surface area contributed by atoms with E-state index < -0.39 is 0 Å². The van der Waals surface area contributed by atoms with Crippen molar-refractivity contribution in [2.75, 3.05) is 30.4 Å². The molecule has 0 aromatic carbocycles. The Labute approximate surface area is 180 Å². The molecule has 30 heavy (non-hydrogen) atoms. The number of imidazole rings is 1. The fourth-order valence-corrected chi connectivity index (χ4v) is 4.23. The fraction of sp³-hybridized carbons (Fsp3) is 0.500. The van der Waals surface area contributed by atoms with E-state index in [0.29, 0.717) is 30.0 Å². The molecule has 1 aliphatic rings. The van der Waals surface area contributed by atoms with Crippen LogP contribution in [0.3, 0.4) is 0 Å². The Bertz CT molecular complexity index is 1030. The number of aromatic nitrogens is 5. The lowest BCUT2D eigenvalue weighted by molar-refractivity contribution is 0.0849. The first-order chi connectivity index (χ1) is 14.5. The van der Waals surface area contributed by atoms with E-state index in [0.717, 1.165) is 24.0 Å². The van der Waals surface area contributed by atoms with Crippen LogP contribution in [0.4, 0.5) is 17.6 Å². The number of alkyl halides is 1. The summed E-state index contributed by atoms with van der Waals surface area (Å²) in [5.74, 6) is 2.53. The molecule has 9 nitrogen and oxygen atoms in total. The van der Waals surface area contributed by atoms with Crippen LogP contribution in [0.1, 0.15) is 32.1 Å². The van der Waals surface area contributed by atoms with E-state index in [1.165, 1.54) is 0 Å². The van der Waals surface area contributed by atoms with Gasteiger partial charge in [0.2, 0.25) is 5.95 Å². The molecule has 3 aromatic rings. The van der Waals surface area contributed by atoms with Gasteiger partial charge < -0.3 is 24.6 Å². The number of anilines is 3. The van der Waals surface area contributed by atoms with Gasteiger partial charge in [-0.2, -0.15) is 4.98 Å².